The second kappa shape index (κ2) is 4.65. The number of para-hydroxylation sites is 1. The Morgan fingerprint density at radius 3 is 2.72 bits per heavy atom. The van der Waals surface area contributed by atoms with Crippen molar-refractivity contribution >= 4 is 29.3 Å². The monoisotopic (exact) mass is 265 g/mol. The third kappa shape index (κ3) is 2.10. The standard InChI is InChI=1S/C13H15NO3S/c1-13(2,12(16)17)14-9-5-3-4-6-10(9)18-8-7-11(14)15/h3-6H,7-8H2,1-2H3,(H,16,17). The van der Waals surface area contributed by atoms with Gasteiger partial charge in [-0.3, -0.25) is 9.69 Å². The molecule has 0 radical (unpaired) electrons. The molecule has 5 heteroatoms. The number of thioether (sulfide) groups is 1. The molecule has 0 saturated heterocycles. The molecule has 1 aliphatic heterocycles. The second-order valence-electron chi connectivity index (χ2n) is 4.66. The number of hydrogen-bond acceptors (Lipinski definition) is 3. The molecule has 1 N–H and O–H groups in total. The van der Waals surface area contributed by atoms with Crippen LogP contribution in [0.4, 0.5) is 5.69 Å². The normalized spacial score (nSPS) is 16.1. The van der Waals surface area contributed by atoms with Crippen molar-refractivity contribution in [1.82, 2.24) is 0 Å². The van der Waals surface area contributed by atoms with E-state index in [1.807, 2.05) is 18.2 Å². The van der Waals surface area contributed by atoms with Gasteiger partial charge in [-0.1, -0.05) is 12.1 Å². The van der Waals surface area contributed by atoms with E-state index in [2.05, 4.69) is 0 Å². The highest BCUT2D eigenvalue weighted by Gasteiger charge is 2.40. The summed E-state index contributed by atoms with van der Waals surface area (Å²) in [6, 6.07) is 7.44. The lowest BCUT2D eigenvalue weighted by atomic mass is 10.0. The number of nitrogens with zero attached hydrogens (tertiary/aromatic N) is 1. The van der Waals surface area contributed by atoms with Crippen LogP contribution in [0, 0.1) is 0 Å². The third-order valence-corrected chi connectivity index (χ3v) is 4.08. The van der Waals surface area contributed by atoms with Crippen molar-refractivity contribution in [3.63, 3.8) is 0 Å². The first-order valence-electron chi connectivity index (χ1n) is 5.73. The molecule has 4 nitrogen and oxygen atoms in total. The van der Waals surface area contributed by atoms with E-state index >= 15 is 0 Å². The number of amides is 1. The maximum atomic E-state index is 12.2. The van der Waals surface area contributed by atoms with Crippen LogP contribution in [0.25, 0.3) is 0 Å². The summed E-state index contributed by atoms with van der Waals surface area (Å²) >= 11 is 1.59. The van der Waals surface area contributed by atoms with E-state index in [0.717, 1.165) is 4.90 Å². The highest BCUT2D eigenvalue weighted by molar-refractivity contribution is 7.99. The van der Waals surface area contributed by atoms with Crippen LogP contribution in [-0.2, 0) is 9.59 Å². The Hall–Kier alpha value is -1.49. The molecule has 0 bridgehead atoms. The van der Waals surface area contributed by atoms with Crippen LogP contribution in [0.2, 0.25) is 0 Å². The van der Waals surface area contributed by atoms with Crippen LogP contribution in [0.15, 0.2) is 29.2 Å². The number of carboxylic acids is 1. The largest absolute Gasteiger partial charge is 0.480 e. The van der Waals surface area contributed by atoms with Gasteiger partial charge in [0.05, 0.1) is 5.69 Å². The summed E-state index contributed by atoms with van der Waals surface area (Å²) in [7, 11) is 0. The van der Waals surface area contributed by atoms with E-state index in [-0.39, 0.29) is 5.91 Å². The maximum Gasteiger partial charge on any atom is 0.329 e. The number of carbonyl (C=O) groups excluding carboxylic acids is 1. The third-order valence-electron chi connectivity index (χ3n) is 3.01. The number of rotatable bonds is 2. The zero-order valence-electron chi connectivity index (χ0n) is 10.3. The van der Waals surface area contributed by atoms with Crippen molar-refractivity contribution in [3.05, 3.63) is 24.3 Å². The summed E-state index contributed by atoms with van der Waals surface area (Å²) < 4.78 is 0. The Labute approximate surface area is 110 Å². The molecular weight excluding hydrogens is 250 g/mol. The first kappa shape index (κ1) is 13.0. The van der Waals surface area contributed by atoms with Gasteiger partial charge in [0, 0.05) is 17.1 Å². The Bertz CT molecular complexity index is 499. The molecule has 1 amide bonds. The van der Waals surface area contributed by atoms with E-state index in [0.29, 0.717) is 17.9 Å². The second-order valence-corrected chi connectivity index (χ2v) is 5.80. The lowest BCUT2D eigenvalue weighted by Crippen LogP contribution is -2.53. The number of aliphatic carboxylic acids is 1. The van der Waals surface area contributed by atoms with Gasteiger partial charge in [-0.2, -0.15) is 0 Å². The molecule has 1 heterocycles. The molecule has 1 aromatic carbocycles. The first-order chi connectivity index (χ1) is 8.44. The molecule has 0 unspecified atom stereocenters. The Morgan fingerprint density at radius 1 is 1.39 bits per heavy atom. The number of carbonyl (C=O) groups is 2. The molecule has 18 heavy (non-hydrogen) atoms. The van der Waals surface area contributed by atoms with Crippen LogP contribution in [-0.4, -0.2) is 28.3 Å². The summed E-state index contributed by atoms with van der Waals surface area (Å²) in [6.07, 6.45) is 0.357. The molecule has 0 atom stereocenters. The molecule has 0 aromatic heterocycles. The fraction of sp³-hybridized carbons (Fsp3) is 0.385. The molecule has 96 valence electrons. The summed E-state index contributed by atoms with van der Waals surface area (Å²) in [5.74, 6) is -0.459. The molecule has 0 fully saturated rings. The molecule has 0 saturated carbocycles. The van der Waals surface area contributed by atoms with Gasteiger partial charge in [-0.15, -0.1) is 11.8 Å². The highest BCUT2D eigenvalue weighted by Crippen LogP contribution is 2.37. The Morgan fingerprint density at radius 2 is 2.06 bits per heavy atom. The minimum absolute atomic E-state index is 0.139. The van der Waals surface area contributed by atoms with Gasteiger partial charge >= 0.3 is 5.97 Å². The van der Waals surface area contributed by atoms with E-state index in [1.54, 1.807) is 31.7 Å². The molecule has 2 rings (SSSR count). The van der Waals surface area contributed by atoms with Gasteiger partial charge in [-0.25, -0.2) is 4.79 Å². The van der Waals surface area contributed by atoms with Crippen LogP contribution in [0.1, 0.15) is 20.3 Å². The lowest BCUT2D eigenvalue weighted by Gasteiger charge is -2.35. The first-order valence-corrected chi connectivity index (χ1v) is 6.71. The van der Waals surface area contributed by atoms with Crippen molar-refractivity contribution in [2.75, 3.05) is 10.7 Å². The number of anilines is 1. The summed E-state index contributed by atoms with van der Waals surface area (Å²) in [4.78, 5) is 25.9. The molecule has 0 spiro atoms. The van der Waals surface area contributed by atoms with Gasteiger partial charge in [0.15, 0.2) is 0 Å². The van der Waals surface area contributed by atoms with E-state index in [4.69, 9.17) is 0 Å². The van der Waals surface area contributed by atoms with E-state index in [9.17, 15) is 14.7 Å². The predicted octanol–water partition coefficient (Wildman–Crippen LogP) is 2.38. The summed E-state index contributed by atoms with van der Waals surface area (Å²) in [5, 5.41) is 9.33. The number of benzene rings is 1. The molecular formula is C13H15NO3S. The van der Waals surface area contributed by atoms with Crippen molar-refractivity contribution in [3.8, 4) is 0 Å². The van der Waals surface area contributed by atoms with Gasteiger partial charge in [-0.05, 0) is 26.0 Å². The lowest BCUT2D eigenvalue weighted by molar-refractivity contribution is -0.143. The van der Waals surface area contributed by atoms with Crippen molar-refractivity contribution in [2.24, 2.45) is 0 Å². The minimum atomic E-state index is -1.24. The van der Waals surface area contributed by atoms with Gasteiger partial charge in [0.25, 0.3) is 0 Å². The van der Waals surface area contributed by atoms with Crippen LogP contribution >= 0.6 is 11.8 Å². The van der Waals surface area contributed by atoms with Crippen LogP contribution in [0.5, 0.6) is 0 Å². The van der Waals surface area contributed by atoms with Gasteiger partial charge in [0.2, 0.25) is 5.91 Å². The topological polar surface area (TPSA) is 57.6 Å². The smallest absolute Gasteiger partial charge is 0.329 e. The zero-order valence-corrected chi connectivity index (χ0v) is 11.2. The fourth-order valence-corrected chi connectivity index (χ4v) is 2.95. The molecule has 1 aromatic rings. The quantitative estimate of drug-likeness (QED) is 0.892. The summed E-state index contributed by atoms with van der Waals surface area (Å²) in [5.41, 5.74) is -0.546. The van der Waals surface area contributed by atoms with Crippen LogP contribution in [0.3, 0.4) is 0 Å². The average Bonchev–Trinajstić information content (AvgIpc) is 2.47. The molecule has 0 aliphatic carbocycles. The zero-order chi connectivity index (χ0) is 13.3. The van der Waals surface area contributed by atoms with Crippen molar-refractivity contribution in [1.29, 1.82) is 0 Å². The Balaban J connectivity index is 2.56. The number of fused-ring (bicyclic) bond motifs is 1. The molecule has 1 aliphatic rings. The number of hydrogen-bond donors (Lipinski definition) is 1. The highest BCUT2D eigenvalue weighted by atomic mass is 32.2. The Kier molecular flexibility index (Phi) is 3.34. The maximum absolute atomic E-state index is 12.2. The SMILES string of the molecule is CC(C)(C(=O)O)N1C(=O)CCSc2ccccc21. The van der Waals surface area contributed by atoms with Crippen molar-refractivity contribution < 1.29 is 14.7 Å². The van der Waals surface area contributed by atoms with Crippen molar-refractivity contribution in [2.45, 2.75) is 30.7 Å². The number of carboxylic acid groups (broad SMARTS) is 1. The van der Waals surface area contributed by atoms with Gasteiger partial charge < -0.3 is 5.11 Å². The van der Waals surface area contributed by atoms with Crippen LogP contribution < -0.4 is 4.90 Å². The predicted molar refractivity (Wildman–Crippen MR) is 71.0 cm³/mol. The van der Waals surface area contributed by atoms with Gasteiger partial charge in [0.1, 0.15) is 5.54 Å². The summed E-state index contributed by atoms with van der Waals surface area (Å²) in [6.45, 7) is 3.11. The average molecular weight is 265 g/mol. The van der Waals surface area contributed by atoms with E-state index in [1.165, 1.54) is 4.90 Å². The fourth-order valence-electron chi connectivity index (χ4n) is 1.97. The van der Waals surface area contributed by atoms with E-state index < -0.39 is 11.5 Å². The minimum Gasteiger partial charge on any atom is -0.480 e.